The minimum absolute atomic E-state index is 0.264. The Balaban J connectivity index is 1.48. The van der Waals surface area contributed by atoms with Crippen LogP contribution in [0.3, 0.4) is 0 Å². The number of esters is 1. The molecule has 0 aliphatic heterocycles. The molecule has 138 valence electrons. The van der Waals surface area contributed by atoms with Gasteiger partial charge in [0.25, 0.3) is 5.91 Å². The second-order valence-corrected chi connectivity index (χ2v) is 6.27. The van der Waals surface area contributed by atoms with Gasteiger partial charge >= 0.3 is 5.97 Å². The maximum Gasteiger partial charge on any atom is 0.344 e. The molecular formula is C22H17N3O3. The molecule has 6 nitrogen and oxygen atoms in total. The molecule has 4 aromatic rings. The van der Waals surface area contributed by atoms with Crippen LogP contribution in [-0.2, 0) is 7.05 Å². The summed E-state index contributed by atoms with van der Waals surface area (Å²) >= 11 is 0. The lowest BCUT2D eigenvalue weighted by molar-refractivity contribution is 0.0737. The van der Waals surface area contributed by atoms with Gasteiger partial charge < -0.3 is 14.6 Å². The van der Waals surface area contributed by atoms with Gasteiger partial charge in [0, 0.05) is 35.9 Å². The Morgan fingerprint density at radius 1 is 1.00 bits per heavy atom. The summed E-state index contributed by atoms with van der Waals surface area (Å²) in [5.41, 5.74) is 2.51. The Labute approximate surface area is 161 Å². The molecule has 0 atom stereocenters. The van der Waals surface area contributed by atoms with Crippen molar-refractivity contribution in [1.82, 2.24) is 9.55 Å². The van der Waals surface area contributed by atoms with Crippen molar-refractivity contribution < 1.29 is 14.3 Å². The number of pyridine rings is 1. The number of rotatable bonds is 4. The first kappa shape index (κ1) is 17.5. The molecule has 28 heavy (non-hydrogen) atoms. The number of amides is 1. The number of benzene rings is 2. The van der Waals surface area contributed by atoms with E-state index in [1.54, 1.807) is 54.9 Å². The fourth-order valence-corrected chi connectivity index (χ4v) is 2.96. The Bertz CT molecular complexity index is 1150. The van der Waals surface area contributed by atoms with Crippen LogP contribution in [0.4, 0.5) is 5.69 Å². The van der Waals surface area contributed by atoms with Crippen molar-refractivity contribution in [3.05, 3.63) is 90.4 Å². The van der Waals surface area contributed by atoms with E-state index in [1.165, 1.54) is 0 Å². The zero-order valence-corrected chi connectivity index (χ0v) is 15.1. The van der Waals surface area contributed by atoms with Gasteiger partial charge in [-0.05, 0) is 54.6 Å². The van der Waals surface area contributed by atoms with Crippen LogP contribution in [0, 0.1) is 0 Å². The van der Waals surface area contributed by atoms with Crippen molar-refractivity contribution >= 4 is 28.5 Å². The highest BCUT2D eigenvalue weighted by atomic mass is 16.5. The summed E-state index contributed by atoms with van der Waals surface area (Å²) < 4.78 is 7.43. The molecule has 0 unspecified atom stereocenters. The summed E-state index contributed by atoms with van der Waals surface area (Å²) in [6.07, 6.45) is 5.10. The van der Waals surface area contributed by atoms with Gasteiger partial charge in [0.15, 0.2) is 0 Å². The van der Waals surface area contributed by atoms with Gasteiger partial charge in [-0.2, -0.15) is 0 Å². The third kappa shape index (κ3) is 3.48. The minimum Gasteiger partial charge on any atom is -0.423 e. The largest absolute Gasteiger partial charge is 0.423 e. The van der Waals surface area contributed by atoms with E-state index in [0.29, 0.717) is 22.6 Å². The van der Waals surface area contributed by atoms with E-state index in [-0.39, 0.29) is 5.91 Å². The maximum absolute atomic E-state index is 12.6. The lowest BCUT2D eigenvalue weighted by Crippen LogP contribution is -2.12. The van der Waals surface area contributed by atoms with E-state index in [2.05, 4.69) is 10.3 Å². The standard InChI is InChI=1S/C22H17N3O3/c1-25-13-11-18-19(5-2-6-20(18)25)22(27)28-17-9-7-15(8-10-17)21(26)24-16-4-3-12-23-14-16/h2-14H,1H3,(H,24,26). The number of carbonyl (C=O) groups is 2. The molecule has 0 radical (unpaired) electrons. The fraction of sp³-hybridized carbons (Fsp3) is 0.0455. The average molecular weight is 371 g/mol. The first-order chi connectivity index (χ1) is 13.6. The summed E-state index contributed by atoms with van der Waals surface area (Å²) in [7, 11) is 1.92. The van der Waals surface area contributed by atoms with E-state index in [4.69, 9.17) is 4.74 Å². The molecule has 0 saturated carbocycles. The molecule has 1 amide bonds. The summed E-state index contributed by atoms with van der Waals surface area (Å²) in [6.45, 7) is 0. The first-order valence-electron chi connectivity index (χ1n) is 8.69. The predicted molar refractivity (Wildman–Crippen MR) is 107 cm³/mol. The summed E-state index contributed by atoms with van der Waals surface area (Å²) in [4.78, 5) is 28.8. The van der Waals surface area contributed by atoms with Crippen molar-refractivity contribution in [2.45, 2.75) is 0 Å². The van der Waals surface area contributed by atoms with Crippen LogP contribution >= 0.6 is 0 Å². The lowest BCUT2D eigenvalue weighted by Gasteiger charge is -2.08. The van der Waals surface area contributed by atoms with Crippen LogP contribution in [-0.4, -0.2) is 21.4 Å². The molecule has 0 bridgehead atoms. The van der Waals surface area contributed by atoms with Gasteiger partial charge in [-0.3, -0.25) is 9.78 Å². The Kier molecular flexibility index (Phi) is 4.60. The number of fused-ring (bicyclic) bond motifs is 1. The van der Waals surface area contributed by atoms with Crippen molar-refractivity contribution in [2.24, 2.45) is 7.05 Å². The third-order valence-corrected chi connectivity index (χ3v) is 4.39. The molecule has 6 heteroatoms. The molecule has 2 aromatic carbocycles. The number of aryl methyl sites for hydroxylation is 1. The summed E-state index contributed by atoms with van der Waals surface area (Å²) in [5, 5.41) is 3.59. The Morgan fingerprint density at radius 3 is 2.57 bits per heavy atom. The first-order valence-corrected chi connectivity index (χ1v) is 8.69. The topological polar surface area (TPSA) is 73.2 Å². The molecule has 0 aliphatic carbocycles. The number of anilines is 1. The van der Waals surface area contributed by atoms with Crippen molar-refractivity contribution in [3.63, 3.8) is 0 Å². The van der Waals surface area contributed by atoms with Gasteiger partial charge in [-0.25, -0.2) is 4.79 Å². The second kappa shape index (κ2) is 7.36. The zero-order chi connectivity index (χ0) is 19.5. The van der Waals surface area contributed by atoms with Gasteiger partial charge in [-0.15, -0.1) is 0 Å². The Morgan fingerprint density at radius 2 is 1.82 bits per heavy atom. The quantitative estimate of drug-likeness (QED) is 0.434. The number of aromatic nitrogens is 2. The Hall–Kier alpha value is -3.93. The SMILES string of the molecule is Cn1ccc2c(C(=O)Oc3ccc(C(=O)Nc4cccnc4)cc3)cccc21. The van der Waals surface area contributed by atoms with Gasteiger partial charge in [0.2, 0.25) is 0 Å². The van der Waals surface area contributed by atoms with Crippen LogP contribution < -0.4 is 10.1 Å². The van der Waals surface area contributed by atoms with E-state index < -0.39 is 5.97 Å². The monoisotopic (exact) mass is 371 g/mol. The summed E-state index contributed by atoms with van der Waals surface area (Å²) in [5.74, 6) is -0.333. The fourth-order valence-electron chi connectivity index (χ4n) is 2.96. The van der Waals surface area contributed by atoms with Crippen LogP contribution in [0.2, 0.25) is 0 Å². The van der Waals surface area contributed by atoms with Crippen LogP contribution in [0.5, 0.6) is 5.75 Å². The molecule has 2 aromatic heterocycles. The highest BCUT2D eigenvalue weighted by Gasteiger charge is 2.14. The highest BCUT2D eigenvalue weighted by Crippen LogP contribution is 2.22. The lowest BCUT2D eigenvalue weighted by atomic mass is 10.1. The molecule has 0 fully saturated rings. The molecule has 4 rings (SSSR count). The number of nitrogens with zero attached hydrogens (tertiary/aromatic N) is 2. The van der Waals surface area contributed by atoms with Crippen molar-refractivity contribution in [1.29, 1.82) is 0 Å². The van der Waals surface area contributed by atoms with E-state index in [0.717, 1.165) is 10.9 Å². The zero-order valence-electron chi connectivity index (χ0n) is 15.1. The van der Waals surface area contributed by atoms with Crippen molar-refractivity contribution in [2.75, 3.05) is 5.32 Å². The third-order valence-electron chi connectivity index (χ3n) is 4.39. The average Bonchev–Trinajstić information content (AvgIpc) is 3.10. The maximum atomic E-state index is 12.6. The number of nitrogens with one attached hydrogen (secondary N) is 1. The predicted octanol–water partition coefficient (Wildman–Crippen LogP) is 4.04. The summed E-state index contributed by atoms with van der Waals surface area (Å²) in [6, 6.07) is 17.3. The molecule has 0 aliphatic rings. The van der Waals surface area contributed by atoms with E-state index in [9.17, 15) is 9.59 Å². The van der Waals surface area contributed by atoms with Gasteiger partial charge in [-0.1, -0.05) is 6.07 Å². The number of carbonyl (C=O) groups excluding carboxylic acids is 2. The van der Waals surface area contributed by atoms with E-state index >= 15 is 0 Å². The smallest absolute Gasteiger partial charge is 0.344 e. The second-order valence-electron chi connectivity index (χ2n) is 6.27. The number of ether oxygens (including phenoxy) is 1. The normalized spacial score (nSPS) is 10.6. The number of hydrogen-bond donors (Lipinski definition) is 1. The molecule has 0 saturated heterocycles. The highest BCUT2D eigenvalue weighted by molar-refractivity contribution is 6.05. The molecule has 0 spiro atoms. The van der Waals surface area contributed by atoms with Gasteiger partial charge in [0.05, 0.1) is 17.4 Å². The molecule has 2 heterocycles. The van der Waals surface area contributed by atoms with Crippen LogP contribution in [0.1, 0.15) is 20.7 Å². The van der Waals surface area contributed by atoms with Crippen LogP contribution in [0.25, 0.3) is 10.9 Å². The van der Waals surface area contributed by atoms with Crippen molar-refractivity contribution in [3.8, 4) is 5.75 Å². The minimum atomic E-state index is -0.440. The molecule has 1 N–H and O–H groups in total. The number of hydrogen-bond acceptors (Lipinski definition) is 4. The molecular weight excluding hydrogens is 354 g/mol. The van der Waals surface area contributed by atoms with Crippen LogP contribution in [0.15, 0.2) is 79.3 Å². The van der Waals surface area contributed by atoms with Gasteiger partial charge in [0.1, 0.15) is 5.75 Å². The van der Waals surface area contributed by atoms with E-state index in [1.807, 2.05) is 36.0 Å².